The molecule has 7 nitrogen and oxygen atoms in total. The van der Waals surface area contributed by atoms with E-state index >= 15 is 0 Å². The highest BCUT2D eigenvalue weighted by molar-refractivity contribution is 7.92. The summed E-state index contributed by atoms with van der Waals surface area (Å²) in [7, 11) is -3.68. The number of nitrogens with zero attached hydrogens (tertiary/aromatic N) is 2. The number of anilines is 1. The van der Waals surface area contributed by atoms with Crippen LogP contribution in [-0.2, 0) is 26.2 Å². The van der Waals surface area contributed by atoms with E-state index < -0.39 is 16.1 Å². The Labute approximate surface area is 228 Å². The molecule has 0 saturated carbocycles. The van der Waals surface area contributed by atoms with Gasteiger partial charge in [0.25, 0.3) is 0 Å². The highest BCUT2D eigenvalue weighted by atomic mass is 35.5. The van der Waals surface area contributed by atoms with E-state index in [1.807, 2.05) is 26.0 Å². The maximum atomic E-state index is 13.4. The average molecular weight is 577 g/mol. The minimum atomic E-state index is -3.68. The highest BCUT2D eigenvalue weighted by Crippen LogP contribution is 2.31. The van der Waals surface area contributed by atoms with Crippen molar-refractivity contribution in [1.29, 1.82) is 0 Å². The van der Waals surface area contributed by atoms with Gasteiger partial charge in [-0.05, 0) is 55.2 Å². The molecule has 11 heteroatoms. The highest BCUT2D eigenvalue weighted by Gasteiger charge is 2.29. The van der Waals surface area contributed by atoms with Crippen LogP contribution in [0.1, 0.15) is 45.1 Å². The third kappa shape index (κ3) is 8.83. The summed E-state index contributed by atoms with van der Waals surface area (Å²) in [6.45, 7) is 4.58. The lowest BCUT2D eigenvalue weighted by molar-refractivity contribution is -0.141. The van der Waals surface area contributed by atoms with Crippen LogP contribution < -0.4 is 9.62 Å². The predicted octanol–water partition coefficient (Wildman–Crippen LogP) is 5.53. The number of carbonyl (C=O) groups is 2. The number of benzene rings is 2. The summed E-state index contributed by atoms with van der Waals surface area (Å²) >= 11 is 18.3. The van der Waals surface area contributed by atoms with Crippen molar-refractivity contribution in [2.75, 3.05) is 23.7 Å². The summed E-state index contributed by atoms with van der Waals surface area (Å²) in [6.07, 6.45) is 2.54. The molecule has 0 aliphatic heterocycles. The first-order valence-corrected chi connectivity index (χ1v) is 14.7. The van der Waals surface area contributed by atoms with Crippen molar-refractivity contribution >= 4 is 62.3 Å². The Hall–Kier alpha value is -2.00. The molecule has 198 valence electrons. The number of rotatable bonds is 13. The zero-order valence-corrected chi connectivity index (χ0v) is 23.7. The van der Waals surface area contributed by atoms with Gasteiger partial charge in [-0.1, -0.05) is 60.8 Å². The number of carbonyl (C=O) groups excluding carboxylic acids is 2. The maximum Gasteiger partial charge on any atom is 0.242 e. The quantitative estimate of drug-likeness (QED) is 0.340. The molecule has 0 bridgehead atoms. The summed E-state index contributed by atoms with van der Waals surface area (Å²) in [5, 5.41) is 4.03. The summed E-state index contributed by atoms with van der Waals surface area (Å²) < 4.78 is 26.1. The minimum absolute atomic E-state index is 0.0260. The van der Waals surface area contributed by atoms with Crippen LogP contribution in [0.15, 0.2) is 42.5 Å². The lowest BCUT2D eigenvalue weighted by Crippen LogP contribution is -2.49. The number of sulfonamides is 1. The molecule has 0 heterocycles. The SMILES string of the molecule is CCCNC(=O)[C@@H](CC)N(Cc1ccc(Cl)cc1)C(=O)CCCN(c1cc(Cl)ccc1Cl)S(C)(=O)=O. The predicted molar refractivity (Wildman–Crippen MR) is 147 cm³/mol. The molecule has 0 spiro atoms. The lowest BCUT2D eigenvalue weighted by atomic mass is 10.1. The van der Waals surface area contributed by atoms with Gasteiger partial charge < -0.3 is 10.2 Å². The Kier molecular flexibility index (Phi) is 11.8. The van der Waals surface area contributed by atoms with E-state index in [0.717, 1.165) is 22.5 Å². The molecule has 2 rings (SSSR count). The molecule has 0 aliphatic rings. The fraction of sp³-hybridized carbons (Fsp3) is 0.440. The molecule has 0 fully saturated rings. The Balaban J connectivity index is 2.23. The summed E-state index contributed by atoms with van der Waals surface area (Å²) in [5.74, 6) is -0.473. The van der Waals surface area contributed by atoms with Crippen LogP contribution in [0.5, 0.6) is 0 Å². The summed E-state index contributed by atoms with van der Waals surface area (Å²) in [6, 6.07) is 11.0. The van der Waals surface area contributed by atoms with Crippen molar-refractivity contribution in [3.05, 3.63) is 63.1 Å². The van der Waals surface area contributed by atoms with E-state index in [1.165, 1.54) is 12.1 Å². The number of halogens is 3. The van der Waals surface area contributed by atoms with Crippen molar-refractivity contribution < 1.29 is 18.0 Å². The Morgan fingerprint density at radius 2 is 1.64 bits per heavy atom. The third-order valence-corrected chi connectivity index (χ3v) is 7.52. The van der Waals surface area contributed by atoms with Crippen LogP contribution >= 0.6 is 34.8 Å². The molecular formula is C25H32Cl3N3O4S. The van der Waals surface area contributed by atoms with Crippen molar-refractivity contribution in [3.63, 3.8) is 0 Å². The smallest absolute Gasteiger partial charge is 0.242 e. The third-order valence-electron chi connectivity index (χ3n) is 5.53. The second-order valence-electron chi connectivity index (χ2n) is 8.40. The molecule has 2 aromatic carbocycles. The maximum absolute atomic E-state index is 13.4. The van der Waals surface area contributed by atoms with Crippen LogP contribution in [0, 0.1) is 0 Å². The van der Waals surface area contributed by atoms with E-state index in [0.29, 0.717) is 23.0 Å². The molecule has 1 N–H and O–H groups in total. The molecule has 0 saturated heterocycles. The normalized spacial score (nSPS) is 12.2. The second kappa shape index (κ2) is 14.1. The first kappa shape index (κ1) is 30.2. The molecule has 0 radical (unpaired) electrons. The van der Waals surface area contributed by atoms with Gasteiger partial charge in [-0.3, -0.25) is 13.9 Å². The largest absolute Gasteiger partial charge is 0.354 e. The van der Waals surface area contributed by atoms with Crippen molar-refractivity contribution in [1.82, 2.24) is 10.2 Å². The monoisotopic (exact) mass is 575 g/mol. The van der Waals surface area contributed by atoms with Crippen LogP contribution in [0.4, 0.5) is 5.69 Å². The number of hydrogen-bond donors (Lipinski definition) is 1. The van der Waals surface area contributed by atoms with Crippen LogP contribution in [0.25, 0.3) is 0 Å². The molecule has 1 atom stereocenters. The molecule has 2 aromatic rings. The number of nitrogens with one attached hydrogen (secondary N) is 1. The molecule has 2 amide bonds. The Morgan fingerprint density at radius 3 is 2.22 bits per heavy atom. The lowest BCUT2D eigenvalue weighted by Gasteiger charge is -2.31. The first-order chi connectivity index (χ1) is 17.0. The summed E-state index contributed by atoms with van der Waals surface area (Å²) in [4.78, 5) is 27.8. The van der Waals surface area contributed by atoms with Gasteiger partial charge in [0.1, 0.15) is 6.04 Å². The van der Waals surface area contributed by atoms with Crippen molar-refractivity contribution in [3.8, 4) is 0 Å². The van der Waals surface area contributed by atoms with Gasteiger partial charge in [0.15, 0.2) is 0 Å². The first-order valence-electron chi connectivity index (χ1n) is 11.7. The number of hydrogen-bond acceptors (Lipinski definition) is 4. The van der Waals surface area contributed by atoms with E-state index in [-0.39, 0.29) is 48.5 Å². The average Bonchev–Trinajstić information content (AvgIpc) is 2.82. The molecule has 36 heavy (non-hydrogen) atoms. The molecule has 0 aliphatic carbocycles. The van der Waals surface area contributed by atoms with Gasteiger partial charge in [-0.25, -0.2) is 8.42 Å². The Morgan fingerprint density at radius 1 is 1.00 bits per heavy atom. The van der Waals surface area contributed by atoms with Crippen molar-refractivity contribution in [2.45, 2.75) is 52.1 Å². The molecular weight excluding hydrogens is 545 g/mol. The van der Waals surface area contributed by atoms with Gasteiger partial charge in [0.05, 0.1) is 17.0 Å². The minimum Gasteiger partial charge on any atom is -0.354 e. The number of amides is 2. The standard InChI is InChI=1S/C25H32Cl3N3O4S/c1-4-14-29-25(33)22(5-2)30(17-18-8-10-19(26)11-9-18)24(32)7-6-15-31(36(3,34)35)23-16-20(27)12-13-21(23)28/h8-13,16,22H,4-7,14-15,17H2,1-3H3,(H,29,33)/t22-/m1/s1. The van der Waals surface area contributed by atoms with E-state index in [4.69, 9.17) is 34.8 Å². The van der Waals surface area contributed by atoms with Gasteiger partial charge >= 0.3 is 0 Å². The van der Waals surface area contributed by atoms with Gasteiger partial charge in [0.2, 0.25) is 21.8 Å². The van der Waals surface area contributed by atoms with Crippen LogP contribution in [-0.4, -0.2) is 50.5 Å². The van der Waals surface area contributed by atoms with Gasteiger partial charge in [-0.2, -0.15) is 0 Å². The van der Waals surface area contributed by atoms with Crippen LogP contribution in [0.3, 0.4) is 0 Å². The van der Waals surface area contributed by atoms with Gasteiger partial charge in [0, 0.05) is 36.1 Å². The second-order valence-corrected chi connectivity index (χ2v) is 11.6. The fourth-order valence-corrected chi connectivity index (χ4v) is 5.26. The Bertz CT molecular complexity index is 1140. The van der Waals surface area contributed by atoms with Crippen LogP contribution in [0.2, 0.25) is 15.1 Å². The zero-order chi connectivity index (χ0) is 26.9. The fourth-order valence-electron chi connectivity index (χ4n) is 3.73. The van der Waals surface area contributed by atoms with Gasteiger partial charge in [-0.15, -0.1) is 0 Å². The van der Waals surface area contributed by atoms with E-state index in [1.54, 1.807) is 23.1 Å². The topological polar surface area (TPSA) is 86.8 Å². The van der Waals surface area contributed by atoms with E-state index in [9.17, 15) is 18.0 Å². The van der Waals surface area contributed by atoms with E-state index in [2.05, 4.69) is 5.32 Å². The molecule has 0 unspecified atom stereocenters. The molecule has 0 aromatic heterocycles. The summed E-state index contributed by atoms with van der Waals surface area (Å²) in [5.41, 5.74) is 1.08. The zero-order valence-electron chi connectivity index (χ0n) is 20.6. The van der Waals surface area contributed by atoms with Crippen molar-refractivity contribution in [2.24, 2.45) is 0 Å².